The summed E-state index contributed by atoms with van der Waals surface area (Å²) in [5.74, 6) is -0.141. The van der Waals surface area contributed by atoms with Crippen molar-refractivity contribution in [1.29, 1.82) is 0 Å². The van der Waals surface area contributed by atoms with E-state index in [1.807, 2.05) is 0 Å². The van der Waals surface area contributed by atoms with Gasteiger partial charge in [-0.3, -0.25) is 4.79 Å². The summed E-state index contributed by atoms with van der Waals surface area (Å²) in [5, 5.41) is 2.66. The van der Waals surface area contributed by atoms with Crippen LogP contribution in [0.3, 0.4) is 0 Å². The van der Waals surface area contributed by atoms with Crippen molar-refractivity contribution in [2.45, 2.75) is 6.92 Å². The summed E-state index contributed by atoms with van der Waals surface area (Å²) in [5.41, 5.74) is 5.73. The normalized spacial score (nSPS) is 10.4. The fourth-order valence-corrected chi connectivity index (χ4v) is 0.793. The second-order valence-electron chi connectivity index (χ2n) is 3.56. The fourth-order valence-electron chi connectivity index (χ4n) is 0.793. The summed E-state index contributed by atoms with van der Waals surface area (Å²) in [7, 11) is -4.64. The molecule has 0 unspecified atom stereocenters. The van der Waals surface area contributed by atoms with E-state index in [-0.39, 0.29) is 5.91 Å². The first kappa shape index (κ1) is 21.5. The molecule has 0 radical (unpaired) electrons. The molecular weight excluding hydrogens is 291 g/mol. The van der Waals surface area contributed by atoms with Crippen LogP contribution in [0.4, 0.5) is 0 Å². The second kappa shape index (κ2) is 13.2. The Balaban J connectivity index is 0. The van der Waals surface area contributed by atoms with Gasteiger partial charge >= 0.3 is 7.82 Å². The maximum atomic E-state index is 11.0. The first-order chi connectivity index (χ1) is 9.18. The molecular formula is C10H23N2O7P. The Morgan fingerprint density at radius 3 is 2.05 bits per heavy atom. The van der Waals surface area contributed by atoms with Crippen molar-refractivity contribution in [3.8, 4) is 0 Å². The van der Waals surface area contributed by atoms with Gasteiger partial charge in [0.2, 0.25) is 5.91 Å². The van der Waals surface area contributed by atoms with Gasteiger partial charge in [0.25, 0.3) is 0 Å². The van der Waals surface area contributed by atoms with Crippen LogP contribution in [0.1, 0.15) is 6.92 Å². The molecule has 0 aromatic heterocycles. The molecule has 0 aliphatic carbocycles. The summed E-state index contributed by atoms with van der Waals surface area (Å²) in [6.45, 7) is 8.27. The number of hydrogen-bond donors (Lipinski definition) is 5. The molecule has 0 saturated heterocycles. The minimum Gasteiger partial charge on any atom is -0.378 e. The lowest BCUT2D eigenvalue weighted by atomic mass is 10.3. The number of carbonyl (C=O) groups is 1. The number of amides is 1. The first-order valence-electron chi connectivity index (χ1n) is 5.76. The average Bonchev–Trinajstić information content (AvgIpc) is 2.30. The quantitative estimate of drug-likeness (QED) is 0.201. The summed E-state index contributed by atoms with van der Waals surface area (Å²) in [4.78, 5) is 32.6. The van der Waals surface area contributed by atoms with Gasteiger partial charge in [-0.1, -0.05) is 6.58 Å². The van der Waals surface area contributed by atoms with Gasteiger partial charge in [0.05, 0.1) is 26.4 Å². The van der Waals surface area contributed by atoms with E-state index in [4.69, 9.17) is 34.5 Å². The molecule has 0 spiro atoms. The predicted octanol–water partition coefficient (Wildman–Crippen LogP) is -1.26. The lowest BCUT2D eigenvalue weighted by Gasteiger charge is -2.06. The van der Waals surface area contributed by atoms with E-state index in [9.17, 15) is 4.79 Å². The Labute approximate surface area is 118 Å². The first-order valence-corrected chi connectivity index (χ1v) is 7.32. The average molecular weight is 314 g/mol. The fraction of sp³-hybridized carbons (Fsp3) is 0.700. The molecule has 120 valence electrons. The van der Waals surface area contributed by atoms with Crippen molar-refractivity contribution in [1.82, 2.24) is 5.32 Å². The molecule has 10 heteroatoms. The second-order valence-corrected chi connectivity index (χ2v) is 4.59. The molecule has 0 aromatic carbocycles. The van der Waals surface area contributed by atoms with Gasteiger partial charge in [-0.2, -0.15) is 0 Å². The smallest absolute Gasteiger partial charge is 0.378 e. The molecule has 0 saturated carbocycles. The van der Waals surface area contributed by atoms with Crippen molar-refractivity contribution >= 4 is 13.7 Å². The van der Waals surface area contributed by atoms with Crippen molar-refractivity contribution in [3.63, 3.8) is 0 Å². The lowest BCUT2D eigenvalue weighted by molar-refractivity contribution is -0.117. The van der Waals surface area contributed by atoms with Crippen LogP contribution in [0.5, 0.6) is 0 Å². The van der Waals surface area contributed by atoms with E-state index < -0.39 is 7.82 Å². The topological polar surface area (TPSA) is 151 Å². The molecule has 9 nitrogen and oxygen atoms in total. The maximum Gasteiger partial charge on any atom is 0.466 e. The number of phosphoric acid groups is 1. The maximum absolute atomic E-state index is 11.0. The van der Waals surface area contributed by atoms with Gasteiger partial charge in [-0.25, -0.2) is 4.57 Å². The molecule has 0 atom stereocenters. The van der Waals surface area contributed by atoms with Crippen LogP contribution in [-0.4, -0.2) is 60.1 Å². The van der Waals surface area contributed by atoms with E-state index in [0.29, 0.717) is 45.1 Å². The molecule has 0 heterocycles. The largest absolute Gasteiger partial charge is 0.466 e. The number of hydrogen-bond acceptors (Lipinski definition) is 5. The van der Waals surface area contributed by atoms with Crippen LogP contribution < -0.4 is 11.1 Å². The van der Waals surface area contributed by atoms with Crippen LogP contribution in [-0.2, 0) is 18.8 Å². The summed E-state index contributed by atoms with van der Waals surface area (Å²) in [6, 6.07) is 0. The highest BCUT2D eigenvalue weighted by Gasteiger charge is 2.00. The lowest BCUT2D eigenvalue weighted by Crippen LogP contribution is -2.27. The van der Waals surface area contributed by atoms with E-state index in [1.165, 1.54) is 0 Å². The Bertz CT molecular complexity index is 310. The predicted molar refractivity (Wildman–Crippen MR) is 72.8 cm³/mol. The minimum atomic E-state index is -4.64. The number of carbonyl (C=O) groups excluding carboxylic acids is 1. The zero-order valence-corrected chi connectivity index (χ0v) is 12.3. The highest BCUT2D eigenvalue weighted by Crippen LogP contribution is 2.25. The van der Waals surface area contributed by atoms with Crippen LogP contribution in [0.25, 0.3) is 0 Å². The van der Waals surface area contributed by atoms with Crippen LogP contribution in [0, 0.1) is 0 Å². The van der Waals surface area contributed by atoms with E-state index >= 15 is 0 Å². The molecule has 1 amide bonds. The standard InChI is InChI=1S/C10H20N2O3.H3O4P/c1-9(2)10(13)12-4-6-15-8-7-14-5-3-11;1-5(2,3)4/h1,3-8,11H2,2H3,(H,12,13);(H3,1,2,3,4). The van der Waals surface area contributed by atoms with E-state index in [1.54, 1.807) is 6.92 Å². The number of nitrogens with one attached hydrogen (secondary N) is 1. The van der Waals surface area contributed by atoms with Gasteiger partial charge in [-0.05, 0) is 6.92 Å². The highest BCUT2D eigenvalue weighted by molar-refractivity contribution is 7.45. The number of nitrogens with two attached hydrogens (primary N) is 1. The number of ether oxygens (including phenoxy) is 2. The molecule has 0 rings (SSSR count). The summed E-state index contributed by atoms with van der Waals surface area (Å²) < 4.78 is 19.2. The van der Waals surface area contributed by atoms with Crippen molar-refractivity contribution in [2.75, 3.05) is 39.5 Å². The molecule has 0 fully saturated rings. The Hall–Kier alpha value is -0.800. The molecule has 0 aliphatic rings. The van der Waals surface area contributed by atoms with Crippen molar-refractivity contribution in [2.24, 2.45) is 5.73 Å². The number of rotatable bonds is 9. The Kier molecular flexibility index (Phi) is 14.2. The zero-order valence-electron chi connectivity index (χ0n) is 11.4. The molecule has 0 aromatic rings. The highest BCUT2D eigenvalue weighted by atomic mass is 31.2. The van der Waals surface area contributed by atoms with Crippen molar-refractivity contribution in [3.05, 3.63) is 12.2 Å². The minimum absolute atomic E-state index is 0.141. The van der Waals surface area contributed by atoms with E-state index in [0.717, 1.165) is 0 Å². The van der Waals surface area contributed by atoms with Crippen LogP contribution in [0.15, 0.2) is 12.2 Å². The van der Waals surface area contributed by atoms with Crippen LogP contribution >= 0.6 is 7.82 Å². The third-order valence-corrected chi connectivity index (χ3v) is 1.55. The van der Waals surface area contributed by atoms with Crippen LogP contribution in [0.2, 0.25) is 0 Å². The molecule has 0 bridgehead atoms. The molecule has 0 aliphatic heterocycles. The van der Waals surface area contributed by atoms with Gasteiger partial charge in [-0.15, -0.1) is 0 Å². The SMILES string of the molecule is C=C(C)C(=O)NCCOCCOCCN.O=P(O)(O)O. The summed E-state index contributed by atoms with van der Waals surface area (Å²) in [6.07, 6.45) is 0. The molecule has 20 heavy (non-hydrogen) atoms. The van der Waals surface area contributed by atoms with Gasteiger partial charge in [0.1, 0.15) is 0 Å². The Morgan fingerprint density at radius 1 is 1.20 bits per heavy atom. The van der Waals surface area contributed by atoms with E-state index in [2.05, 4.69) is 11.9 Å². The Morgan fingerprint density at radius 2 is 1.65 bits per heavy atom. The third kappa shape index (κ3) is 25.9. The third-order valence-electron chi connectivity index (χ3n) is 1.55. The monoisotopic (exact) mass is 314 g/mol. The molecule has 6 N–H and O–H groups in total. The zero-order chi connectivity index (χ0) is 16.0. The van der Waals surface area contributed by atoms with Gasteiger partial charge in [0, 0.05) is 18.7 Å². The van der Waals surface area contributed by atoms with Gasteiger partial charge in [0.15, 0.2) is 0 Å². The summed E-state index contributed by atoms with van der Waals surface area (Å²) >= 11 is 0. The van der Waals surface area contributed by atoms with Crippen molar-refractivity contribution < 1.29 is 33.5 Å². The van der Waals surface area contributed by atoms with Gasteiger partial charge < -0.3 is 35.2 Å².